The van der Waals surface area contributed by atoms with Gasteiger partial charge in [0.1, 0.15) is 11.7 Å². The zero-order chi connectivity index (χ0) is 26.0. The van der Waals surface area contributed by atoms with Crippen LogP contribution in [0.3, 0.4) is 0 Å². The predicted molar refractivity (Wildman–Crippen MR) is 142 cm³/mol. The predicted octanol–water partition coefficient (Wildman–Crippen LogP) is 4.29. The number of anilines is 1. The van der Waals surface area contributed by atoms with Crippen LogP contribution in [0.4, 0.5) is 14.9 Å². The van der Waals surface area contributed by atoms with Gasteiger partial charge in [-0.2, -0.15) is 0 Å². The van der Waals surface area contributed by atoms with Crippen LogP contribution in [0, 0.1) is 18.2 Å². The fraction of sp³-hybridized carbons (Fsp3) is 0.167. The maximum atomic E-state index is 15.0. The lowest BCUT2D eigenvalue weighted by atomic mass is 10.1. The van der Waals surface area contributed by atoms with Crippen LogP contribution >= 0.6 is 23.3 Å². The van der Waals surface area contributed by atoms with Crippen molar-refractivity contribution in [3.05, 3.63) is 85.6 Å². The molecular weight excluding hydrogens is 503 g/mol. The molecule has 36 heavy (non-hydrogen) atoms. The quantitative estimate of drug-likeness (QED) is 0.170. The number of carbonyl (C=O) groups excluding carboxylic acids is 1. The summed E-state index contributed by atoms with van der Waals surface area (Å²) in [5.74, 6) is -0.615. The molecule has 0 saturated heterocycles. The number of H-pyrrole nitrogens is 1. The normalized spacial score (nSPS) is 10.9. The van der Waals surface area contributed by atoms with E-state index in [-0.39, 0.29) is 28.1 Å². The zero-order valence-corrected chi connectivity index (χ0v) is 21.3. The van der Waals surface area contributed by atoms with Gasteiger partial charge < -0.3 is 15.2 Å². The van der Waals surface area contributed by atoms with Crippen LogP contribution in [0.2, 0.25) is 0 Å². The SMILES string of the molecule is CCN(C)C(=N)c1ccc2c(=O)n(-c3ccc(NC(=O)NSc4ccc(C)s4)cc3F)c(=O)[nH]c2c1. The van der Waals surface area contributed by atoms with Crippen molar-refractivity contribution in [1.82, 2.24) is 19.2 Å². The Balaban J connectivity index is 1.58. The van der Waals surface area contributed by atoms with E-state index in [4.69, 9.17) is 5.41 Å². The molecule has 0 bridgehead atoms. The first-order chi connectivity index (χ1) is 17.2. The summed E-state index contributed by atoms with van der Waals surface area (Å²) in [5, 5.41) is 10.9. The molecule has 0 aliphatic heterocycles. The molecular formula is C24H23FN6O3S2. The highest BCUT2D eigenvalue weighted by Gasteiger charge is 2.16. The largest absolute Gasteiger partial charge is 0.360 e. The van der Waals surface area contributed by atoms with E-state index in [0.29, 0.717) is 16.7 Å². The highest BCUT2D eigenvalue weighted by molar-refractivity contribution is 7.99. The first-order valence-corrected chi connectivity index (χ1v) is 12.5. The van der Waals surface area contributed by atoms with Crippen molar-refractivity contribution in [3.63, 3.8) is 0 Å². The van der Waals surface area contributed by atoms with Crippen LogP contribution in [-0.4, -0.2) is 39.9 Å². The van der Waals surface area contributed by atoms with Gasteiger partial charge in [-0.15, -0.1) is 11.3 Å². The Kier molecular flexibility index (Phi) is 7.27. The number of amides is 2. The highest BCUT2D eigenvalue weighted by atomic mass is 32.2. The molecule has 2 aromatic heterocycles. The standard InChI is InChI=1S/C24H23FN6O3S2/c1-4-30(3)21(26)14-6-8-16-18(11-14)28-24(34)31(22(16)32)19-9-7-15(12-17(19)25)27-23(33)29-36-20-10-5-13(2)35-20/h5-12,26H,4H2,1-3H3,(H,28,34)(H2,27,29,33). The number of thiophene rings is 1. The van der Waals surface area contributed by atoms with Gasteiger partial charge in [-0.3, -0.25) is 14.9 Å². The van der Waals surface area contributed by atoms with E-state index in [1.807, 2.05) is 26.0 Å². The third kappa shape index (κ3) is 5.19. The molecule has 4 N–H and O–H groups in total. The fourth-order valence-electron chi connectivity index (χ4n) is 3.45. The van der Waals surface area contributed by atoms with E-state index >= 15 is 0 Å². The molecule has 12 heteroatoms. The number of rotatable bonds is 6. The monoisotopic (exact) mass is 526 g/mol. The Morgan fingerprint density at radius 3 is 2.64 bits per heavy atom. The molecule has 0 aliphatic carbocycles. The Labute approximate surface area is 213 Å². The minimum atomic E-state index is -0.857. The summed E-state index contributed by atoms with van der Waals surface area (Å²) in [6.07, 6.45) is 0. The number of aromatic amines is 1. The maximum Gasteiger partial charge on any atom is 0.333 e. The lowest BCUT2D eigenvalue weighted by Crippen LogP contribution is -2.34. The first kappa shape index (κ1) is 25.2. The average Bonchev–Trinajstić information content (AvgIpc) is 3.27. The summed E-state index contributed by atoms with van der Waals surface area (Å²) in [6.45, 7) is 4.48. The molecule has 4 aromatic rings. The second-order valence-electron chi connectivity index (χ2n) is 7.88. The van der Waals surface area contributed by atoms with Gasteiger partial charge in [0, 0.05) is 29.7 Å². The highest BCUT2D eigenvalue weighted by Crippen LogP contribution is 2.24. The lowest BCUT2D eigenvalue weighted by Gasteiger charge is -2.18. The summed E-state index contributed by atoms with van der Waals surface area (Å²) < 4.78 is 19.2. The van der Waals surface area contributed by atoms with Crippen molar-refractivity contribution in [3.8, 4) is 5.69 Å². The number of hydrogen-bond donors (Lipinski definition) is 4. The smallest absolute Gasteiger partial charge is 0.333 e. The second-order valence-corrected chi connectivity index (χ2v) is 10.3. The van der Waals surface area contributed by atoms with Crippen LogP contribution < -0.4 is 21.3 Å². The van der Waals surface area contributed by atoms with E-state index in [1.54, 1.807) is 24.1 Å². The first-order valence-electron chi connectivity index (χ1n) is 10.9. The van der Waals surface area contributed by atoms with Gasteiger partial charge in [-0.25, -0.2) is 18.5 Å². The summed E-state index contributed by atoms with van der Waals surface area (Å²) in [7, 11) is 1.77. The van der Waals surface area contributed by atoms with Crippen molar-refractivity contribution in [1.29, 1.82) is 5.41 Å². The molecule has 0 spiro atoms. The minimum Gasteiger partial charge on any atom is -0.360 e. The minimum absolute atomic E-state index is 0.158. The third-order valence-corrected chi connectivity index (χ3v) is 7.35. The maximum absolute atomic E-state index is 15.0. The van der Waals surface area contributed by atoms with Gasteiger partial charge in [0.2, 0.25) is 0 Å². The number of nitrogens with zero attached hydrogens (tertiary/aromatic N) is 2. The number of carbonyl (C=O) groups is 1. The van der Waals surface area contributed by atoms with Crippen LogP contribution in [0.15, 0.2) is 62.3 Å². The van der Waals surface area contributed by atoms with Crippen molar-refractivity contribution in [2.75, 3.05) is 18.9 Å². The molecule has 0 aliphatic rings. The van der Waals surface area contributed by atoms with E-state index in [1.165, 1.54) is 29.5 Å². The Bertz CT molecular complexity index is 1590. The number of fused-ring (bicyclic) bond motifs is 1. The Hall–Kier alpha value is -3.90. The molecule has 186 valence electrons. The number of hydrogen-bond acceptors (Lipinski definition) is 6. The van der Waals surface area contributed by atoms with Crippen LogP contribution in [0.25, 0.3) is 16.6 Å². The Morgan fingerprint density at radius 2 is 1.97 bits per heavy atom. The van der Waals surface area contributed by atoms with Gasteiger partial charge in [-0.05, 0) is 68.3 Å². The van der Waals surface area contributed by atoms with Gasteiger partial charge in [0.15, 0.2) is 0 Å². The molecule has 0 radical (unpaired) electrons. The van der Waals surface area contributed by atoms with E-state index < -0.39 is 23.1 Å². The number of aryl methyl sites for hydroxylation is 1. The molecule has 2 amide bonds. The van der Waals surface area contributed by atoms with Crippen molar-refractivity contribution >= 4 is 51.7 Å². The fourth-order valence-corrected chi connectivity index (χ4v) is 5.10. The molecule has 0 saturated carbocycles. The summed E-state index contributed by atoms with van der Waals surface area (Å²) >= 11 is 2.67. The second kappa shape index (κ2) is 10.4. The average molecular weight is 527 g/mol. The number of nitrogens with one attached hydrogen (secondary N) is 4. The van der Waals surface area contributed by atoms with Crippen molar-refractivity contribution < 1.29 is 9.18 Å². The van der Waals surface area contributed by atoms with Gasteiger partial charge in [0.25, 0.3) is 5.56 Å². The number of urea groups is 1. The molecule has 0 fully saturated rings. The molecule has 2 heterocycles. The van der Waals surface area contributed by atoms with Crippen LogP contribution in [0.1, 0.15) is 17.4 Å². The molecule has 9 nitrogen and oxygen atoms in total. The lowest BCUT2D eigenvalue weighted by molar-refractivity contribution is 0.257. The summed E-state index contributed by atoms with van der Waals surface area (Å²) in [4.78, 5) is 43.4. The third-order valence-electron chi connectivity index (χ3n) is 5.43. The summed E-state index contributed by atoms with van der Waals surface area (Å²) in [6, 6.07) is 11.6. The van der Waals surface area contributed by atoms with Crippen LogP contribution in [0.5, 0.6) is 0 Å². The van der Waals surface area contributed by atoms with Gasteiger partial charge in [-0.1, -0.05) is 6.07 Å². The molecule has 0 atom stereocenters. The number of halogens is 1. The number of benzene rings is 2. The zero-order valence-electron chi connectivity index (χ0n) is 19.6. The van der Waals surface area contributed by atoms with E-state index in [0.717, 1.165) is 27.1 Å². The van der Waals surface area contributed by atoms with Crippen LogP contribution in [-0.2, 0) is 0 Å². The van der Waals surface area contributed by atoms with Crippen molar-refractivity contribution in [2.45, 2.75) is 18.1 Å². The number of aromatic nitrogens is 2. The Morgan fingerprint density at radius 1 is 1.19 bits per heavy atom. The summed E-state index contributed by atoms with van der Waals surface area (Å²) in [5.41, 5.74) is -0.824. The number of amidine groups is 1. The molecule has 0 unspecified atom stereocenters. The van der Waals surface area contributed by atoms with Crippen molar-refractivity contribution in [2.24, 2.45) is 0 Å². The van der Waals surface area contributed by atoms with E-state index in [2.05, 4.69) is 15.0 Å². The molecule has 4 rings (SSSR count). The molecule has 2 aromatic carbocycles. The van der Waals surface area contributed by atoms with Gasteiger partial charge >= 0.3 is 11.7 Å². The van der Waals surface area contributed by atoms with E-state index in [9.17, 15) is 18.8 Å². The van der Waals surface area contributed by atoms with Gasteiger partial charge in [0.05, 0.1) is 20.8 Å². The topological polar surface area (TPSA) is 123 Å².